The Labute approximate surface area is 201 Å². The zero-order valence-electron chi connectivity index (χ0n) is 18.3. The molecule has 1 aliphatic rings. The van der Waals surface area contributed by atoms with Crippen molar-refractivity contribution in [1.82, 2.24) is 4.90 Å². The number of furan rings is 1. The maximum Gasteiger partial charge on any atom is 0.336 e. The molecule has 168 valence electrons. The minimum Gasteiger partial charge on any atom is -0.478 e. The number of rotatable bonds is 6. The van der Waals surface area contributed by atoms with Gasteiger partial charge in [0.1, 0.15) is 22.6 Å². The van der Waals surface area contributed by atoms with Gasteiger partial charge in [0.15, 0.2) is 0 Å². The lowest BCUT2D eigenvalue weighted by atomic mass is 10.0. The number of nitriles is 1. The molecule has 7 heteroatoms. The summed E-state index contributed by atoms with van der Waals surface area (Å²) in [7, 11) is 0. The Hall–Kier alpha value is -3.99. The van der Waals surface area contributed by atoms with E-state index in [4.69, 9.17) is 4.42 Å². The molecule has 0 spiro atoms. The average molecular weight is 468 g/mol. The minimum absolute atomic E-state index is 0.179. The van der Waals surface area contributed by atoms with Crippen LogP contribution >= 0.6 is 11.3 Å². The van der Waals surface area contributed by atoms with Gasteiger partial charge >= 0.3 is 5.97 Å². The molecule has 0 radical (unpaired) electrons. The van der Waals surface area contributed by atoms with Crippen LogP contribution in [0.5, 0.6) is 0 Å². The van der Waals surface area contributed by atoms with Crippen LogP contribution in [0.3, 0.4) is 0 Å². The van der Waals surface area contributed by atoms with Crippen LogP contribution in [-0.4, -0.2) is 28.7 Å². The summed E-state index contributed by atoms with van der Waals surface area (Å²) in [6, 6.07) is 22.9. The molecule has 0 bridgehead atoms. The summed E-state index contributed by atoms with van der Waals surface area (Å²) in [6.45, 7) is 2.59. The highest BCUT2D eigenvalue weighted by atomic mass is 32.1. The molecule has 0 fully saturated rings. The van der Waals surface area contributed by atoms with Gasteiger partial charge in [0.2, 0.25) is 0 Å². The normalized spacial score (nSPS) is 13.6. The first-order valence-corrected chi connectivity index (χ1v) is 11.7. The first-order valence-electron chi connectivity index (χ1n) is 10.9. The summed E-state index contributed by atoms with van der Waals surface area (Å²) < 4.78 is 5.84. The van der Waals surface area contributed by atoms with Gasteiger partial charge in [-0.2, -0.15) is 5.26 Å². The van der Waals surface area contributed by atoms with E-state index in [-0.39, 0.29) is 5.56 Å². The second kappa shape index (κ2) is 9.48. The predicted octanol–water partition coefficient (Wildman–Crippen LogP) is 5.89. The van der Waals surface area contributed by atoms with Crippen LogP contribution < -0.4 is 0 Å². The van der Waals surface area contributed by atoms with Crippen LogP contribution in [-0.2, 0) is 19.5 Å². The third kappa shape index (κ3) is 4.42. The smallest absolute Gasteiger partial charge is 0.336 e. The molecule has 0 atom stereocenters. The SMILES string of the molecule is N#Cc1c(N=Cc2ccc(-c3ccccc3C(=O)O)o2)sc2c1CCN(Cc1ccccc1)C2. The van der Waals surface area contributed by atoms with Gasteiger partial charge in [-0.1, -0.05) is 48.5 Å². The zero-order chi connectivity index (χ0) is 23.5. The van der Waals surface area contributed by atoms with E-state index in [9.17, 15) is 15.2 Å². The summed E-state index contributed by atoms with van der Waals surface area (Å²) in [6.07, 6.45) is 2.42. The number of carboxylic acids is 1. The van der Waals surface area contributed by atoms with Crippen LogP contribution in [0.2, 0.25) is 0 Å². The molecule has 4 aromatic rings. The van der Waals surface area contributed by atoms with E-state index in [0.717, 1.165) is 31.6 Å². The molecule has 0 amide bonds. The molecule has 0 unspecified atom stereocenters. The lowest BCUT2D eigenvalue weighted by Gasteiger charge is -2.26. The zero-order valence-corrected chi connectivity index (χ0v) is 19.1. The van der Waals surface area contributed by atoms with Gasteiger partial charge in [-0.05, 0) is 35.7 Å². The molecule has 0 saturated carbocycles. The summed E-state index contributed by atoms with van der Waals surface area (Å²) in [5.41, 5.74) is 3.70. The number of aliphatic imine (C=N–C) groups is 1. The Morgan fingerprint density at radius 1 is 1.15 bits per heavy atom. The molecule has 1 N–H and O–H groups in total. The van der Waals surface area contributed by atoms with E-state index in [1.807, 2.05) is 6.07 Å². The Bertz CT molecular complexity index is 1410. The number of benzene rings is 2. The molecular formula is C27H21N3O3S. The molecule has 3 heterocycles. The van der Waals surface area contributed by atoms with Gasteiger partial charge in [-0.3, -0.25) is 4.90 Å². The van der Waals surface area contributed by atoms with Gasteiger partial charge in [-0.25, -0.2) is 9.79 Å². The molecular weight excluding hydrogens is 446 g/mol. The van der Waals surface area contributed by atoms with Crippen LogP contribution in [0, 0.1) is 11.3 Å². The van der Waals surface area contributed by atoms with E-state index in [0.29, 0.717) is 27.6 Å². The second-order valence-corrected chi connectivity index (χ2v) is 9.14. The first kappa shape index (κ1) is 21.8. The van der Waals surface area contributed by atoms with Crippen molar-refractivity contribution >= 4 is 28.5 Å². The Morgan fingerprint density at radius 2 is 1.94 bits per heavy atom. The summed E-state index contributed by atoms with van der Waals surface area (Å²) in [5, 5.41) is 19.9. The lowest BCUT2D eigenvalue weighted by Crippen LogP contribution is -2.29. The van der Waals surface area contributed by atoms with Crippen molar-refractivity contribution in [2.24, 2.45) is 4.99 Å². The Kier molecular flexibility index (Phi) is 6.09. The number of thiophene rings is 1. The monoisotopic (exact) mass is 467 g/mol. The fourth-order valence-corrected chi connectivity index (χ4v) is 5.38. The van der Waals surface area contributed by atoms with Crippen molar-refractivity contribution in [3.63, 3.8) is 0 Å². The number of nitrogens with zero attached hydrogens (tertiary/aromatic N) is 3. The number of hydrogen-bond acceptors (Lipinski definition) is 6. The maximum atomic E-state index is 11.5. The summed E-state index contributed by atoms with van der Waals surface area (Å²) >= 11 is 1.55. The minimum atomic E-state index is -1.01. The van der Waals surface area contributed by atoms with Crippen LogP contribution in [0.15, 0.2) is 76.1 Å². The van der Waals surface area contributed by atoms with Crippen molar-refractivity contribution in [2.75, 3.05) is 6.54 Å². The van der Waals surface area contributed by atoms with Gasteiger partial charge in [-0.15, -0.1) is 11.3 Å². The molecule has 34 heavy (non-hydrogen) atoms. The highest BCUT2D eigenvalue weighted by molar-refractivity contribution is 7.16. The molecule has 2 aromatic heterocycles. The molecule has 1 aliphatic heterocycles. The third-order valence-corrected chi connectivity index (χ3v) is 6.96. The van der Waals surface area contributed by atoms with Crippen LogP contribution in [0.25, 0.3) is 11.3 Å². The molecule has 0 aliphatic carbocycles. The fourth-order valence-electron chi connectivity index (χ4n) is 4.20. The number of aromatic carboxylic acids is 1. The average Bonchev–Trinajstić information content (AvgIpc) is 3.47. The van der Waals surface area contributed by atoms with Crippen LogP contribution in [0.1, 0.15) is 37.7 Å². The number of hydrogen-bond donors (Lipinski definition) is 1. The van der Waals surface area contributed by atoms with E-state index < -0.39 is 5.97 Å². The topological polar surface area (TPSA) is 89.8 Å². The quantitative estimate of drug-likeness (QED) is 0.357. The second-order valence-electron chi connectivity index (χ2n) is 8.05. The summed E-state index contributed by atoms with van der Waals surface area (Å²) in [5.74, 6) is -0.0514. The van der Waals surface area contributed by atoms with E-state index in [2.05, 4.69) is 40.2 Å². The van der Waals surface area contributed by atoms with Crippen molar-refractivity contribution in [1.29, 1.82) is 5.26 Å². The van der Waals surface area contributed by atoms with Gasteiger partial charge < -0.3 is 9.52 Å². The van der Waals surface area contributed by atoms with E-state index >= 15 is 0 Å². The number of fused-ring (bicyclic) bond motifs is 1. The van der Waals surface area contributed by atoms with Crippen molar-refractivity contribution < 1.29 is 14.3 Å². The van der Waals surface area contributed by atoms with Crippen molar-refractivity contribution in [3.05, 3.63) is 99.6 Å². The van der Waals surface area contributed by atoms with E-state index in [1.54, 1.807) is 53.9 Å². The van der Waals surface area contributed by atoms with Gasteiger partial charge in [0.05, 0.1) is 17.3 Å². The van der Waals surface area contributed by atoms with E-state index in [1.165, 1.54) is 10.4 Å². The van der Waals surface area contributed by atoms with Gasteiger partial charge in [0.25, 0.3) is 0 Å². The standard InChI is InChI=1S/C27H21N3O3S/c28-14-23-21-12-13-30(16-18-6-2-1-3-7-18)17-25(21)34-26(23)29-15-19-10-11-24(33-19)20-8-4-5-9-22(20)27(31)32/h1-11,15H,12-13,16-17H2,(H,31,32). The predicted molar refractivity (Wildman–Crippen MR) is 132 cm³/mol. The van der Waals surface area contributed by atoms with Crippen LogP contribution in [0.4, 0.5) is 5.00 Å². The largest absolute Gasteiger partial charge is 0.478 e. The molecule has 0 saturated heterocycles. The number of carboxylic acid groups (broad SMARTS) is 1. The molecule has 2 aromatic carbocycles. The lowest BCUT2D eigenvalue weighted by molar-refractivity contribution is 0.0697. The first-order chi connectivity index (χ1) is 16.6. The molecule has 6 nitrogen and oxygen atoms in total. The third-order valence-electron chi connectivity index (χ3n) is 5.84. The highest BCUT2D eigenvalue weighted by Gasteiger charge is 2.24. The van der Waals surface area contributed by atoms with Crippen molar-refractivity contribution in [2.45, 2.75) is 19.5 Å². The fraction of sp³-hybridized carbons (Fsp3) is 0.148. The van der Waals surface area contributed by atoms with Gasteiger partial charge in [0, 0.05) is 30.1 Å². The van der Waals surface area contributed by atoms with Crippen molar-refractivity contribution in [3.8, 4) is 17.4 Å². The maximum absolute atomic E-state index is 11.5. The number of carbonyl (C=O) groups is 1. The molecule has 5 rings (SSSR count). The highest BCUT2D eigenvalue weighted by Crippen LogP contribution is 2.39. The Morgan fingerprint density at radius 3 is 2.74 bits per heavy atom. The Balaban J connectivity index is 1.36. The summed E-state index contributed by atoms with van der Waals surface area (Å²) in [4.78, 5) is 19.6.